The van der Waals surface area contributed by atoms with Gasteiger partial charge in [-0.25, -0.2) is 0 Å². The van der Waals surface area contributed by atoms with E-state index in [4.69, 9.17) is 4.42 Å². The third kappa shape index (κ3) is 4.51. The molecule has 134 valence electrons. The molecule has 0 saturated heterocycles. The lowest BCUT2D eigenvalue weighted by Crippen LogP contribution is -2.23. The predicted molar refractivity (Wildman–Crippen MR) is 102 cm³/mol. The lowest BCUT2D eigenvalue weighted by Gasteiger charge is -2.07. The van der Waals surface area contributed by atoms with Gasteiger partial charge in [-0.2, -0.15) is 0 Å². The molecule has 3 aromatic heterocycles. The lowest BCUT2D eigenvalue weighted by molar-refractivity contribution is -0.116. The van der Waals surface area contributed by atoms with Crippen LogP contribution in [0.15, 0.2) is 59.4 Å². The van der Waals surface area contributed by atoms with Gasteiger partial charge in [-0.3, -0.25) is 9.78 Å². The number of aromatic nitrogens is 2. The molecule has 0 saturated carbocycles. The molecule has 0 fully saturated rings. The van der Waals surface area contributed by atoms with Crippen LogP contribution >= 0.6 is 0 Å². The largest absolute Gasteiger partial charge is 0.467 e. The van der Waals surface area contributed by atoms with Crippen molar-refractivity contribution in [2.45, 2.75) is 26.8 Å². The number of hydrogen-bond donors (Lipinski definition) is 1. The number of rotatable bonds is 7. The molecule has 0 spiro atoms. The number of nitrogens with one attached hydrogen (secondary N) is 1. The van der Waals surface area contributed by atoms with Crippen molar-refractivity contribution in [3.63, 3.8) is 0 Å². The highest BCUT2D eigenvalue weighted by molar-refractivity contribution is 5.91. The Morgan fingerprint density at radius 2 is 2.15 bits per heavy atom. The molecule has 0 aliphatic rings. The summed E-state index contributed by atoms with van der Waals surface area (Å²) in [6, 6.07) is 11.7. The quantitative estimate of drug-likeness (QED) is 0.664. The van der Waals surface area contributed by atoms with Crippen molar-refractivity contribution in [1.82, 2.24) is 14.9 Å². The van der Waals surface area contributed by atoms with Crippen molar-refractivity contribution < 1.29 is 9.21 Å². The fourth-order valence-corrected chi connectivity index (χ4v) is 2.88. The van der Waals surface area contributed by atoms with Gasteiger partial charge in [-0.1, -0.05) is 6.07 Å². The summed E-state index contributed by atoms with van der Waals surface area (Å²) in [4.78, 5) is 16.3. The van der Waals surface area contributed by atoms with E-state index >= 15 is 0 Å². The van der Waals surface area contributed by atoms with E-state index in [2.05, 4.69) is 34.8 Å². The number of hydrogen-bond acceptors (Lipinski definition) is 3. The second kappa shape index (κ2) is 8.34. The average molecular weight is 349 g/mol. The Labute approximate surface area is 153 Å². The van der Waals surface area contributed by atoms with Gasteiger partial charge in [0, 0.05) is 42.3 Å². The summed E-state index contributed by atoms with van der Waals surface area (Å²) in [5, 5.41) is 2.89. The van der Waals surface area contributed by atoms with Gasteiger partial charge in [0.05, 0.1) is 12.8 Å². The highest BCUT2D eigenvalue weighted by atomic mass is 16.3. The van der Waals surface area contributed by atoms with Crippen molar-refractivity contribution in [3.8, 4) is 0 Å². The molecule has 3 aromatic rings. The molecule has 3 rings (SSSR count). The van der Waals surface area contributed by atoms with Crippen LogP contribution in [-0.4, -0.2) is 22.0 Å². The van der Waals surface area contributed by atoms with Crippen LogP contribution in [-0.2, 0) is 17.8 Å². The highest BCUT2D eigenvalue weighted by Gasteiger charge is 2.09. The average Bonchev–Trinajstić information content (AvgIpc) is 3.25. The van der Waals surface area contributed by atoms with Crippen LogP contribution in [0.4, 0.5) is 0 Å². The number of carbonyl (C=O) groups excluding carboxylic acids is 1. The van der Waals surface area contributed by atoms with E-state index in [1.807, 2.05) is 36.4 Å². The fraction of sp³-hybridized carbons (Fsp3) is 0.238. The van der Waals surface area contributed by atoms with Crippen LogP contribution in [0.2, 0.25) is 0 Å². The van der Waals surface area contributed by atoms with Gasteiger partial charge in [-0.15, -0.1) is 0 Å². The summed E-state index contributed by atoms with van der Waals surface area (Å²) < 4.78 is 7.61. The predicted octanol–water partition coefficient (Wildman–Crippen LogP) is 3.51. The monoisotopic (exact) mass is 349 g/mol. The maximum absolute atomic E-state index is 12.0. The molecule has 0 aliphatic heterocycles. The normalized spacial score (nSPS) is 11.2. The van der Waals surface area contributed by atoms with Gasteiger partial charge in [0.2, 0.25) is 5.91 Å². The first-order valence-corrected chi connectivity index (χ1v) is 8.68. The van der Waals surface area contributed by atoms with Crippen LogP contribution in [0.5, 0.6) is 0 Å². The van der Waals surface area contributed by atoms with Gasteiger partial charge >= 0.3 is 0 Å². The van der Waals surface area contributed by atoms with Gasteiger partial charge in [0.25, 0.3) is 0 Å². The summed E-state index contributed by atoms with van der Waals surface area (Å²) in [5.74, 6) is 0.811. The zero-order chi connectivity index (χ0) is 18.4. The summed E-state index contributed by atoms with van der Waals surface area (Å²) in [5.41, 5.74) is 4.25. The Bertz CT molecular complexity index is 878. The van der Waals surface area contributed by atoms with E-state index in [0.717, 1.165) is 34.8 Å². The van der Waals surface area contributed by atoms with Crippen LogP contribution in [0.1, 0.15) is 28.4 Å². The molecule has 0 radical (unpaired) electrons. The number of nitrogens with zero attached hydrogens (tertiary/aromatic N) is 2. The van der Waals surface area contributed by atoms with Crippen molar-refractivity contribution in [3.05, 3.63) is 83.3 Å². The lowest BCUT2D eigenvalue weighted by atomic mass is 10.2. The van der Waals surface area contributed by atoms with Crippen molar-refractivity contribution >= 4 is 12.0 Å². The summed E-state index contributed by atoms with van der Waals surface area (Å²) in [6.07, 6.45) is 7.60. The van der Waals surface area contributed by atoms with Gasteiger partial charge in [0.1, 0.15) is 5.76 Å². The second-order valence-corrected chi connectivity index (χ2v) is 6.19. The topological polar surface area (TPSA) is 60.1 Å². The van der Waals surface area contributed by atoms with Crippen molar-refractivity contribution in [2.75, 3.05) is 6.54 Å². The van der Waals surface area contributed by atoms with Gasteiger partial charge < -0.3 is 14.3 Å². The molecule has 0 aromatic carbocycles. The molecular weight excluding hydrogens is 326 g/mol. The van der Waals surface area contributed by atoms with E-state index in [9.17, 15) is 4.79 Å². The van der Waals surface area contributed by atoms with E-state index in [1.54, 1.807) is 18.5 Å². The first kappa shape index (κ1) is 17.7. The van der Waals surface area contributed by atoms with Crippen molar-refractivity contribution in [2.24, 2.45) is 0 Å². The fourth-order valence-electron chi connectivity index (χ4n) is 2.88. The molecule has 0 aliphatic carbocycles. The van der Waals surface area contributed by atoms with E-state index in [-0.39, 0.29) is 5.91 Å². The minimum Gasteiger partial charge on any atom is -0.467 e. The zero-order valence-corrected chi connectivity index (χ0v) is 15.1. The maximum Gasteiger partial charge on any atom is 0.244 e. The number of carbonyl (C=O) groups is 1. The number of aryl methyl sites for hydroxylation is 1. The number of furan rings is 1. The molecule has 5 nitrogen and oxygen atoms in total. The summed E-state index contributed by atoms with van der Waals surface area (Å²) >= 11 is 0. The Balaban J connectivity index is 1.57. The van der Waals surface area contributed by atoms with Crippen LogP contribution in [0.3, 0.4) is 0 Å². The van der Waals surface area contributed by atoms with Gasteiger partial charge in [-0.05, 0) is 55.8 Å². The number of amides is 1. The maximum atomic E-state index is 12.0. The molecule has 1 amide bonds. The first-order valence-electron chi connectivity index (χ1n) is 8.68. The molecule has 0 unspecified atom stereocenters. The molecule has 0 atom stereocenters. The molecular formula is C21H23N3O2. The Kier molecular flexibility index (Phi) is 5.69. The summed E-state index contributed by atoms with van der Waals surface area (Å²) in [7, 11) is 0. The van der Waals surface area contributed by atoms with Crippen LogP contribution in [0, 0.1) is 13.8 Å². The number of pyridine rings is 1. The van der Waals surface area contributed by atoms with Crippen LogP contribution < -0.4 is 5.32 Å². The van der Waals surface area contributed by atoms with Crippen molar-refractivity contribution in [1.29, 1.82) is 0 Å². The molecule has 5 heteroatoms. The van der Waals surface area contributed by atoms with E-state index in [1.165, 1.54) is 0 Å². The van der Waals surface area contributed by atoms with Crippen LogP contribution in [0.25, 0.3) is 6.08 Å². The SMILES string of the molecule is Cc1cc(C=CC(=O)NCCc2ccccn2)c(C)n1Cc1ccco1. The second-order valence-electron chi connectivity index (χ2n) is 6.19. The standard InChI is InChI=1S/C21H23N3O2/c1-16-14-18(17(2)24(16)15-20-7-5-13-26-20)8-9-21(25)23-12-10-19-6-3-4-11-22-19/h3-9,11,13-14H,10,12,15H2,1-2H3,(H,23,25). The molecule has 3 heterocycles. The minimum absolute atomic E-state index is 0.100. The zero-order valence-electron chi connectivity index (χ0n) is 15.1. The smallest absolute Gasteiger partial charge is 0.244 e. The van der Waals surface area contributed by atoms with Gasteiger partial charge in [0.15, 0.2) is 0 Å². The third-order valence-corrected chi connectivity index (χ3v) is 4.33. The first-order chi connectivity index (χ1) is 12.6. The van der Waals surface area contributed by atoms with E-state index in [0.29, 0.717) is 13.1 Å². The highest BCUT2D eigenvalue weighted by Crippen LogP contribution is 2.18. The Morgan fingerprint density at radius 3 is 2.88 bits per heavy atom. The third-order valence-electron chi connectivity index (χ3n) is 4.33. The van der Waals surface area contributed by atoms with E-state index < -0.39 is 0 Å². The minimum atomic E-state index is -0.100. The molecule has 0 bridgehead atoms. The molecule has 1 N–H and O–H groups in total. The summed E-state index contributed by atoms with van der Waals surface area (Å²) in [6.45, 7) is 5.36. The Morgan fingerprint density at radius 1 is 1.27 bits per heavy atom. The molecule has 26 heavy (non-hydrogen) atoms. The Hall–Kier alpha value is -3.08.